The zero-order valence-electron chi connectivity index (χ0n) is 9.82. The van der Waals surface area contributed by atoms with E-state index in [9.17, 15) is 0 Å². The Kier molecular flexibility index (Phi) is 2.55. The van der Waals surface area contributed by atoms with Crippen LogP contribution in [0.25, 0.3) is 0 Å². The average Bonchev–Trinajstić information content (AvgIpc) is 3.08. The summed E-state index contributed by atoms with van der Waals surface area (Å²) in [4.78, 5) is 2.35. The minimum Gasteiger partial charge on any atom is -0.340 e. The molecule has 1 saturated heterocycles. The summed E-state index contributed by atoms with van der Waals surface area (Å²) in [5, 5.41) is 12.1. The Hall–Kier alpha value is -1.10. The molecule has 2 fully saturated rings. The molecule has 5 nitrogen and oxygen atoms in total. The number of anilines is 1. The van der Waals surface area contributed by atoms with Gasteiger partial charge in [-0.2, -0.15) is 0 Å². The van der Waals surface area contributed by atoms with E-state index in [2.05, 4.69) is 32.0 Å². The lowest BCUT2D eigenvalue weighted by atomic mass is 10.4. The summed E-state index contributed by atoms with van der Waals surface area (Å²) in [7, 11) is 2.10. The lowest BCUT2D eigenvalue weighted by Gasteiger charge is -2.20. The SMILES string of the molecule is Cn1c(C2CC2)nnc1N1CCCNCC1. The van der Waals surface area contributed by atoms with Gasteiger partial charge >= 0.3 is 0 Å². The quantitative estimate of drug-likeness (QED) is 0.789. The third-order valence-electron chi connectivity index (χ3n) is 3.45. The van der Waals surface area contributed by atoms with E-state index in [1.165, 1.54) is 25.1 Å². The van der Waals surface area contributed by atoms with Crippen molar-refractivity contribution in [1.82, 2.24) is 20.1 Å². The molecule has 3 rings (SSSR count). The van der Waals surface area contributed by atoms with Gasteiger partial charge in [0.15, 0.2) is 0 Å². The van der Waals surface area contributed by atoms with Crippen molar-refractivity contribution in [2.24, 2.45) is 7.05 Å². The molecule has 88 valence electrons. The molecule has 1 N–H and O–H groups in total. The smallest absolute Gasteiger partial charge is 0.227 e. The normalized spacial score (nSPS) is 22.2. The molecule has 0 atom stereocenters. The van der Waals surface area contributed by atoms with Crippen LogP contribution < -0.4 is 10.2 Å². The minimum absolute atomic E-state index is 0.677. The van der Waals surface area contributed by atoms with Crippen LogP contribution in [0.2, 0.25) is 0 Å². The van der Waals surface area contributed by atoms with Gasteiger partial charge in [0.1, 0.15) is 5.82 Å². The maximum absolute atomic E-state index is 4.35. The van der Waals surface area contributed by atoms with E-state index in [1.807, 2.05) is 0 Å². The van der Waals surface area contributed by atoms with Gasteiger partial charge in [-0.3, -0.25) is 0 Å². The lowest BCUT2D eigenvalue weighted by Crippen LogP contribution is -2.30. The minimum atomic E-state index is 0.677. The van der Waals surface area contributed by atoms with Gasteiger partial charge in [0.05, 0.1) is 0 Å². The third kappa shape index (κ3) is 1.80. The van der Waals surface area contributed by atoms with Crippen LogP contribution in [0.3, 0.4) is 0 Å². The number of aromatic nitrogens is 3. The van der Waals surface area contributed by atoms with Crippen molar-refractivity contribution >= 4 is 5.95 Å². The van der Waals surface area contributed by atoms with Crippen molar-refractivity contribution in [2.45, 2.75) is 25.2 Å². The fourth-order valence-electron chi connectivity index (χ4n) is 2.35. The molecule has 1 saturated carbocycles. The summed E-state index contributed by atoms with van der Waals surface area (Å²) >= 11 is 0. The van der Waals surface area contributed by atoms with E-state index < -0.39 is 0 Å². The molecule has 1 aliphatic carbocycles. The molecule has 0 bridgehead atoms. The Labute approximate surface area is 95.8 Å². The van der Waals surface area contributed by atoms with Gasteiger partial charge in [-0.1, -0.05) is 0 Å². The average molecular weight is 221 g/mol. The predicted octanol–water partition coefficient (Wildman–Crippen LogP) is 0.492. The van der Waals surface area contributed by atoms with Crippen LogP contribution in [-0.2, 0) is 7.05 Å². The van der Waals surface area contributed by atoms with Crippen LogP contribution in [0.4, 0.5) is 5.95 Å². The molecule has 1 aromatic heterocycles. The highest BCUT2D eigenvalue weighted by molar-refractivity contribution is 5.32. The third-order valence-corrected chi connectivity index (χ3v) is 3.45. The molecule has 1 aliphatic heterocycles. The largest absolute Gasteiger partial charge is 0.340 e. The van der Waals surface area contributed by atoms with Gasteiger partial charge < -0.3 is 14.8 Å². The molecule has 0 radical (unpaired) electrons. The number of nitrogens with one attached hydrogen (secondary N) is 1. The van der Waals surface area contributed by atoms with Gasteiger partial charge in [0, 0.05) is 32.6 Å². The van der Waals surface area contributed by atoms with Crippen molar-refractivity contribution in [3.63, 3.8) is 0 Å². The second kappa shape index (κ2) is 4.05. The van der Waals surface area contributed by atoms with Gasteiger partial charge in [-0.25, -0.2) is 0 Å². The molecule has 0 amide bonds. The van der Waals surface area contributed by atoms with Gasteiger partial charge in [-0.05, 0) is 25.8 Å². The van der Waals surface area contributed by atoms with Crippen molar-refractivity contribution in [1.29, 1.82) is 0 Å². The van der Waals surface area contributed by atoms with E-state index in [-0.39, 0.29) is 0 Å². The maximum Gasteiger partial charge on any atom is 0.227 e. The summed E-state index contributed by atoms with van der Waals surface area (Å²) in [6, 6.07) is 0. The topological polar surface area (TPSA) is 46.0 Å². The molecule has 0 spiro atoms. The predicted molar refractivity (Wildman–Crippen MR) is 62.7 cm³/mol. The molecular formula is C11H19N5. The summed E-state index contributed by atoms with van der Waals surface area (Å²) in [6.07, 6.45) is 3.76. The molecule has 2 heterocycles. The van der Waals surface area contributed by atoms with Crippen LogP contribution in [0, 0.1) is 0 Å². The molecule has 1 aromatic rings. The zero-order valence-corrected chi connectivity index (χ0v) is 9.82. The molecule has 5 heteroatoms. The molecule has 16 heavy (non-hydrogen) atoms. The Morgan fingerprint density at radius 1 is 1.19 bits per heavy atom. The molecule has 0 aromatic carbocycles. The van der Waals surface area contributed by atoms with Crippen molar-refractivity contribution < 1.29 is 0 Å². The first-order valence-corrected chi connectivity index (χ1v) is 6.21. The van der Waals surface area contributed by atoms with Crippen molar-refractivity contribution in [3.05, 3.63) is 5.82 Å². The van der Waals surface area contributed by atoms with Crippen LogP contribution in [0.5, 0.6) is 0 Å². The van der Waals surface area contributed by atoms with Gasteiger partial charge in [0.25, 0.3) is 0 Å². The first kappa shape index (κ1) is 10.1. The van der Waals surface area contributed by atoms with Crippen molar-refractivity contribution in [2.75, 3.05) is 31.1 Å². The summed E-state index contributed by atoms with van der Waals surface area (Å²) in [5.41, 5.74) is 0. The summed E-state index contributed by atoms with van der Waals surface area (Å²) < 4.78 is 2.18. The summed E-state index contributed by atoms with van der Waals surface area (Å²) in [5.74, 6) is 2.90. The van der Waals surface area contributed by atoms with E-state index in [1.54, 1.807) is 0 Å². The Bertz CT molecular complexity index is 360. The second-order valence-corrected chi connectivity index (χ2v) is 4.78. The first-order valence-electron chi connectivity index (χ1n) is 6.21. The molecular weight excluding hydrogens is 202 g/mol. The number of nitrogens with zero attached hydrogens (tertiary/aromatic N) is 4. The Balaban J connectivity index is 1.81. The standard InChI is InChI=1S/C11H19N5/c1-15-10(9-3-4-9)13-14-11(15)16-7-2-5-12-6-8-16/h9,12H,2-8H2,1H3. The van der Waals surface area contributed by atoms with Gasteiger partial charge in [-0.15, -0.1) is 10.2 Å². The first-order chi connectivity index (χ1) is 7.86. The number of hydrogen-bond acceptors (Lipinski definition) is 4. The number of hydrogen-bond donors (Lipinski definition) is 1. The van der Waals surface area contributed by atoms with Gasteiger partial charge in [0.2, 0.25) is 5.95 Å². The van der Waals surface area contributed by atoms with E-state index in [0.29, 0.717) is 5.92 Å². The summed E-state index contributed by atoms with van der Waals surface area (Å²) in [6.45, 7) is 4.29. The van der Waals surface area contributed by atoms with E-state index in [4.69, 9.17) is 0 Å². The maximum atomic E-state index is 4.35. The van der Waals surface area contributed by atoms with Crippen molar-refractivity contribution in [3.8, 4) is 0 Å². The fraction of sp³-hybridized carbons (Fsp3) is 0.818. The highest BCUT2D eigenvalue weighted by Crippen LogP contribution is 2.39. The lowest BCUT2D eigenvalue weighted by molar-refractivity contribution is 0.722. The molecule has 0 unspecified atom stereocenters. The fourth-order valence-corrected chi connectivity index (χ4v) is 2.35. The highest BCUT2D eigenvalue weighted by atomic mass is 15.4. The second-order valence-electron chi connectivity index (χ2n) is 4.78. The monoisotopic (exact) mass is 221 g/mol. The molecule has 2 aliphatic rings. The van der Waals surface area contributed by atoms with E-state index in [0.717, 1.165) is 32.1 Å². The number of rotatable bonds is 2. The van der Waals surface area contributed by atoms with Crippen LogP contribution >= 0.6 is 0 Å². The van der Waals surface area contributed by atoms with Crippen LogP contribution in [0.15, 0.2) is 0 Å². The van der Waals surface area contributed by atoms with E-state index >= 15 is 0 Å². The highest BCUT2D eigenvalue weighted by Gasteiger charge is 2.30. The Morgan fingerprint density at radius 2 is 2.06 bits per heavy atom. The van der Waals surface area contributed by atoms with Crippen LogP contribution in [-0.4, -0.2) is 40.9 Å². The Morgan fingerprint density at radius 3 is 2.88 bits per heavy atom. The zero-order chi connectivity index (χ0) is 11.0. The van der Waals surface area contributed by atoms with Crippen LogP contribution in [0.1, 0.15) is 31.0 Å².